The normalized spacial score (nSPS) is 13.4. The van der Waals surface area contributed by atoms with Crippen LogP contribution in [-0.2, 0) is 34.9 Å². The summed E-state index contributed by atoms with van der Waals surface area (Å²) < 4.78 is 15.0. The summed E-state index contributed by atoms with van der Waals surface area (Å²) in [5.41, 5.74) is 0.342. The van der Waals surface area contributed by atoms with E-state index in [1.165, 1.54) is 25.1 Å². The Morgan fingerprint density at radius 1 is 1.06 bits per heavy atom. The van der Waals surface area contributed by atoms with E-state index in [0.29, 0.717) is 5.56 Å². The number of fused-ring (bicyclic) bond motifs is 2. The van der Waals surface area contributed by atoms with Crippen molar-refractivity contribution in [2.75, 3.05) is 7.11 Å². The second-order valence-electron chi connectivity index (χ2n) is 7.74. The summed E-state index contributed by atoms with van der Waals surface area (Å²) in [6.07, 6.45) is 0.0164. The number of hydrogen-bond acceptors (Lipinski definition) is 6. The van der Waals surface area contributed by atoms with Gasteiger partial charge in [0.25, 0.3) is 5.56 Å². The minimum absolute atomic E-state index is 0.198. The highest BCUT2D eigenvalue weighted by molar-refractivity contribution is 5.85. The molecule has 0 aliphatic rings. The molecule has 0 radical (unpaired) electrons. The minimum Gasteiger partial charge on any atom is -0.459 e. The molecule has 2 atom stereocenters. The van der Waals surface area contributed by atoms with Crippen molar-refractivity contribution in [3.63, 3.8) is 0 Å². The maximum absolute atomic E-state index is 12.8. The van der Waals surface area contributed by atoms with Crippen molar-refractivity contribution in [2.24, 2.45) is 14.1 Å². The molecular formula is C23H24N4O5. The second kappa shape index (κ2) is 8.43. The molecular weight excluding hydrogens is 412 g/mol. The molecule has 0 amide bonds. The molecule has 0 N–H and O–H groups in total. The third-order valence-electron chi connectivity index (χ3n) is 5.51. The third kappa shape index (κ3) is 3.71. The van der Waals surface area contributed by atoms with E-state index in [1.54, 1.807) is 18.5 Å². The highest BCUT2D eigenvalue weighted by Gasteiger charge is 2.25. The molecule has 4 aromatic rings. The first-order valence-corrected chi connectivity index (χ1v) is 10.1. The van der Waals surface area contributed by atoms with Gasteiger partial charge in [0.1, 0.15) is 6.10 Å². The molecule has 2 aromatic heterocycles. The zero-order valence-electron chi connectivity index (χ0n) is 18.3. The number of esters is 1. The molecule has 9 nitrogen and oxygen atoms in total. The number of aryl methyl sites for hydroxylation is 1. The number of carbonyl (C=O) groups excluding carboxylic acids is 1. The van der Waals surface area contributed by atoms with Crippen molar-refractivity contribution < 1.29 is 14.3 Å². The average molecular weight is 436 g/mol. The van der Waals surface area contributed by atoms with Gasteiger partial charge in [0.15, 0.2) is 17.3 Å². The molecule has 2 aromatic carbocycles. The van der Waals surface area contributed by atoms with E-state index in [-0.39, 0.29) is 17.7 Å². The van der Waals surface area contributed by atoms with E-state index >= 15 is 0 Å². The van der Waals surface area contributed by atoms with Crippen LogP contribution in [0.2, 0.25) is 0 Å². The van der Waals surface area contributed by atoms with Crippen LogP contribution in [0.5, 0.6) is 0 Å². The van der Waals surface area contributed by atoms with E-state index in [0.717, 1.165) is 15.3 Å². The van der Waals surface area contributed by atoms with Crippen molar-refractivity contribution in [1.29, 1.82) is 0 Å². The number of hydrogen-bond donors (Lipinski definition) is 0. The first kappa shape index (κ1) is 21.5. The topological polar surface area (TPSA) is 97.3 Å². The Labute approximate surface area is 183 Å². The van der Waals surface area contributed by atoms with Gasteiger partial charge >= 0.3 is 11.7 Å². The highest BCUT2D eigenvalue weighted by Crippen LogP contribution is 2.24. The first-order valence-electron chi connectivity index (χ1n) is 10.1. The molecule has 0 bridgehead atoms. The minimum atomic E-state index is -0.879. The quantitative estimate of drug-likeness (QED) is 0.428. The van der Waals surface area contributed by atoms with Crippen LogP contribution in [-0.4, -0.2) is 37.9 Å². The molecule has 4 rings (SSSR count). The van der Waals surface area contributed by atoms with E-state index in [9.17, 15) is 14.4 Å². The second-order valence-corrected chi connectivity index (χ2v) is 7.74. The Bertz CT molecular complexity index is 1430. The molecule has 0 aliphatic heterocycles. The number of ether oxygens (including phenoxy) is 2. The van der Waals surface area contributed by atoms with Gasteiger partial charge in [-0.2, -0.15) is 0 Å². The van der Waals surface area contributed by atoms with E-state index < -0.39 is 29.4 Å². The molecule has 0 spiro atoms. The lowest BCUT2D eigenvalue weighted by Crippen LogP contribution is -2.38. The molecule has 0 saturated heterocycles. The Kier molecular flexibility index (Phi) is 5.67. The van der Waals surface area contributed by atoms with Gasteiger partial charge in [-0.05, 0) is 29.3 Å². The smallest absolute Gasteiger partial charge is 0.340 e. The van der Waals surface area contributed by atoms with Gasteiger partial charge in [0.2, 0.25) is 0 Å². The van der Waals surface area contributed by atoms with Gasteiger partial charge in [-0.15, -0.1) is 0 Å². The van der Waals surface area contributed by atoms with Crippen molar-refractivity contribution in [3.8, 4) is 0 Å². The SMILES string of the molecule is COC(C(=O)OC(C)Cn1cnc2c1c(=O)n(C)c(=O)n2C)c1ccc2ccccc2c1. The van der Waals surface area contributed by atoms with Crippen molar-refractivity contribution in [1.82, 2.24) is 18.7 Å². The maximum atomic E-state index is 12.8. The van der Waals surface area contributed by atoms with Gasteiger partial charge in [-0.3, -0.25) is 13.9 Å². The van der Waals surface area contributed by atoms with Gasteiger partial charge in [0, 0.05) is 21.2 Å². The van der Waals surface area contributed by atoms with Gasteiger partial charge in [0.05, 0.1) is 12.9 Å². The Hall–Kier alpha value is -3.72. The molecule has 2 heterocycles. The lowest BCUT2D eigenvalue weighted by molar-refractivity contribution is -0.161. The number of aromatic nitrogens is 4. The van der Waals surface area contributed by atoms with Crippen LogP contribution in [0, 0.1) is 0 Å². The summed E-state index contributed by atoms with van der Waals surface area (Å²) in [4.78, 5) is 41.7. The zero-order chi connectivity index (χ0) is 23.0. The number of rotatable bonds is 6. The Morgan fingerprint density at radius 2 is 1.78 bits per heavy atom. The van der Waals surface area contributed by atoms with Gasteiger partial charge in [-0.1, -0.05) is 36.4 Å². The first-order chi connectivity index (χ1) is 15.3. The fourth-order valence-electron chi connectivity index (χ4n) is 3.85. The van der Waals surface area contributed by atoms with E-state index in [1.807, 2.05) is 42.5 Å². The lowest BCUT2D eigenvalue weighted by atomic mass is 10.0. The number of benzene rings is 2. The maximum Gasteiger partial charge on any atom is 0.340 e. The zero-order valence-corrected chi connectivity index (χ0v) is 18.3. The summed E-state index contributed by atoms with van der Waals surface area (Å²) >= 11 is 0. The Balaban J connectivity index is 1.55. The van der Waals surface area contributed by atoms with Gasteiger partial charge < -0.3 is 14.0 Å². The van der Waals surface area contributed by atoms with E-state index in [2.05, 4.69) is 4.98 Å². The van der Waals surface area contributed by atoms with Crippen LogP contribution in [0.15, 0.2) is 58.4 Å². The average Bonchev–Trinajstić information content (AvgIpc) is 3.20. The number of imidazole rings is 1. The predicted octanol–water partition coefficient (Wildman–Crippen LogP) is 1.91. The fraction of sp³-hybridized carbons (Fsp3) is 0.304. The number of nitrogens with zero attached hydrogens (tertiary/aromatic N) is 4. The third-order valence-corrected chi connectivity index (χ3v) is 5.51. The molecule has 0 saturated carbocycles. The summed E-state index contributed by atoms with van der Waals surface area (Å²) in [6, 6.07) is 13.5. The van der Waals surface area contributed by atoms with Crippen LogP contribution in [0.4, 0.5) is 0 Å². The summed E-state index contributed by atoms with van der Waals surface area (Å²) in [5, 5.41) is 2.06. The molecule has 32 heavy (non-hydrogen) atoms. The number of methoxy groups -OCH3 is 1. The van der Waals surface area contributed by atoms with Crippen molar-refractivity contribution in [2.45, 2.75) is 25.7 Å². The van der Waals surface area contributed by atoms with Gasteiger partial charge in [-0.25, -0.2) is 14.6 Å². The standard InChI is InChI=1S/C23H24N4O5/c1-14(12-27-13-24-20-18(27)21(28)26(3)23(30)25(20)2)32-22(29)19(31-4)17-10-9-15-7-5-6-8-16(15)11-17/h5-11,13-14,19H,12H2,1-4H3. The van der Waals surface area contributed by atoms with Crippen LogP contribution < -0.4 is 11.2 Å². The van der Waals surface area contributed by atoms with Crippen LogP contribution in [0.25, 0.3) is 21.9 Å². The summed E-state index contributed by atoms with van der Waals surface area (Å²) in [7, 11) is 4.43. The molecule has 0 fully saturated rings. The van der Waals surface area contributed by atoms with Crippen LogP contribution in [0.3, 0.4) is 0 Å². The summed E-state index contributed by atoms with van der Waals surface area (Å²) in [5.74, 6) is -0.528. The fourth-order valence-corrected chi connectivity index (χ4v) is 3.85. The molecule has 9 heteroatoms. The monoisotopic (exact) mass is 436 g/mol. The molecule has 0 aliphatic carbocycles. The van der Waals surface area contributed by atoms with Crippen LogP contribution in [0.1, 0.15) is 18.6 Å². The van der Waals surface area contributed by atoms with Crippen LogP contribution >= 0.6 is 0 Å². The van der Waals surface area contributed by atoms with Crippen molar-refractivity contribution in [3.05, 3.63) is 75.2 Å². The molecule has 2 unspecified atom stereocenters. The largest absolute Gasteiger partial charge is 0.459 e. The predicted molar refractivity (Wildman–Crippen MR) is 119 cm³/mol. The lowest BCUT2D eigenvalue weighted by Gasteiger charge is -2.19. The Morgan fingerprint density at radius 3 is 2.50 bits per heavy atom. The highest BCUT2D eigenvalue weighted by atomic mass is 16.6. The summed E-state index contributed by atoms with van der Waals surface area (Å²) in [6.45, 7) is 1.92. The van der Waals surface area contributed by atoms with E-state index in [4.69, 9.17) is 9.47 Å². The number of carbonyl (C=O) groups is 1. The molecule has 166 valence electrons. The van der Waals surface area contributed by atoms with Crippen molar-refractivity contribution >= 4 is 27.9 Å².